The van der Waals surface area contributed by atoms with Crippen molar-refractivity contribution in [3.63, 3.8) is 0 Å². The van der Waals surface area contributed by atoms with Crippen molar-refractivity contribution in [1.29, 1.82) is 0 Å². The van der Waals surface area contributed by atoms with Gasteiger partial charge in [-0.2, -0.15) is 4.68 Å². The van der Waals surface area contributed by atoms with Crippen molar-refractivity contribution in [3.8, 4) is 17.1 Å². The summed E-state index contributed by atoms with van der Waals surface area (Å²) in [6, 6.07) is 11.8. The Morgan fingerprint density at radius 3 is 2.70 bits per heavy atom. The molecule has 0 unspecified atom stereocenters. The van der Waals surface area contributed by atoms with Gasteiger partial charge in [0.2, 0.25) is 0 Å². The SMILES string of the molecule is Cc1ccc(-c2nnnn2-c2ccccc2F)cc1N. The number of halogens is 1. The zero-order valence-corrected chi connectivity index (χ0v) is 10.8. The molecule has 0 fully saturated rings. The quantitative estimate of drug-likeness (QED) is 0.725. The van der Waals surface area contributed by atoms with E-state index in [-0.39, 0.29) is 5.82 Å². The number of hydrogen-bond acceptors (Lipinski definition) is 4. The molecular formula is C14H12FN5. The maximum Gasteiger partial charge on any atom is 0.187 e. The van der Waals surface area contributed by atoms with E-state index in [2.05, 4.69) is 15.5 Å². The maximum absolute atomic E-state index is 13.9. The molecule has 0 saturated heterocycles. The van der Waals surface area contributed by atoms with Crippen LogP contribution in [0.15, 0.2) is 42.5 Å². The zero-order valence-electron chi connectivity index (χ0n) is 10.8. The van der Waals surface area contributed by atoms with E-state index >= 15 is 0 Å². The molecule has 0 saturated carbocycles. The Balaban J connectivity index is 2.15. The number of aromatic nitrogens is 4. The Hall–Kier alpha value is -2.76. The van der Waals surface area contributed by atoms with Gasteiger partial charge >= 0.3 is 0 Å². The number of rotatable bonds is 2. The van der Waals surface area contributed by atoms with Crippen LogP contribution in [0, 0.1) is 12.7 Å². The molecule has 1 aromatic heterocycles. The number of aryl methyl sites for hydroxylation is 1. The normalized spacial score (nSPS) is 10.7. The molecule has 100 valence electrons. The molecule has 0 aliphatic rings. The third kappa shape index (κ3) is 2.01. The number of anilines is 1. The lowest BCUT2D eigenvalue weighted by Gasteiger charge is -2.07. The second kappa shape index (κ2) is 4.73. The second-order valence-corrected chi connectivity index (χ2v) is 4.44. The van der Waals surface area contributed by atoms with Gasteiger partial charge in [0.25, 0.3) is 0 Å². The number of nitrogens with zero attached hydrogens (tertiary/aromatic N) is 4. The average molecular weight is 269 g/mol. The predicted octanol–water partition coefficient (Wildman–Crippen LogP) is 2.36. The minimum Gasteiger partial charge on any atom is -0.398 e. The van der Waals surface area contributed by atoms with Gasteiger partial charge in [-0.3, -0.25) is 0 Å². The largest absolute Gasteiger partial charge is 0.398 e. The van der Waals surface area contributed by atoms with Crippen LogP contribution in [0.5, 0.6) is 0 Å². The fourth-order valence-electron chi connectivity index (χ4n) is 1.93. The topological polar surface area (TPSA) is 69.6 Å². The van der Waals surface area contributed by atoms with E-state index in [0.717, 1.165) is 11.1 Å². The molecular weight excluding hydrogens is 257 g/mol. The van der Waals surface area contributed by atoms with Crippen LogP contribution in [0.4, 0.5) is 10.1 Å². The smallest absolute Gasteiger partial charge is 0.187 e. The molecule has 1 heterocycles. The first-order chi connectivity index (χ1) is 9.66. The Kier molecular flexibility index (Phi) is 2.90. The van der Waals surface area contributed by atoms with Crippen LogP contribution in [0.2, 0.25) is 0 Å². The third-order valence-electron chi connectivity index (χ3n) is 3.09. The average Bonchev–Trinajstić information content (AvgIpc) is 2.91. The van der Waals surface area contributed by atoms with Crippen molar-refractivity contribution < 1.29 is 4.39 Å². The van der Waals surface area contributed by atoms with Gasteiger partial charge < -0.3 is 5.73 Å². The van der Waals surface area contributed by atoms with Crippen LogP contribution in [0.3, 0.4) is 0 Å². The minimum atomic E-state index is -0.388. The maximum atomic E-state index is 13.9. The molecule has 0 aliphatic heterocycles. The molecule has 0 radical (unpaired) electrons. The fraction of sp³-hybridized carbons (Fsp3) is 0.0714. The van der Waals surface area contributed by atoms with Crippen LogP contribution in [-0.4, -0.2) is 20.2 Å². The summed E-state index contributed by atoms with van der Waals surface area (Å²) in [4.78, 5) is 0. The van der Waals surface area contributed by atoms with Gasteiger partial charge in [-0.15, -0.1) is 5.10 Å². The van der Waals surface area contributed by atoms with Crippen molar-refractivity contribution in [1.82, 2.24) is 20.2 Å². The van der Waals surface area contributed by atoms with E-state index in [4.69, 9.17) is 5.73 Å². The first-order valence-electron chi connectivity index (χ1n) is 6.06. The summed E-state index contributed by atoms with van der Waals surface area (Å²) in [5, 5.41) is 11.4. The van der Waals surface area contributed by atoms with Gasteiger partial charge in [0, 0.05) is 11.3 Å². The predicted molar refractivity (Wildman–Crippen MR) is 73.7 cm³/mol. The van der Waals surface area contributed by atoms with Crippen LogP contribution in [0.25, 0.3) is 17.1 Å². The highest BCUT2D eigenvalue weighted by Gasteiger charge is 2.14. The van der Waals surface area contributed by atoms with E-state index in [1.165, 1.54) is 10.7 Å². The lowest BCUT2D eigenvalue weighted by Crippen LogP contribution is -2.03. The molecule has 0 aliphatic carbocycles. The fourth-order valence-corrected chi connectivity index (χ4v) is 1.93. The molecule has 20 heavy (non-hydrogen) atoms. The van der Waals surface area contributed by atoms with E-state index < -0.39 is 0 Å². The molecule has 2 aromatic carbocycles. The van der Waals surface area contributed by atoms with Crippen molar-refractivity contribution in [2.24, 2.45) is 0 Å². The molecule has 2 N–H and O–H groups in total. The summed E-state index contributed by atoms with van der Waals surface area (Å²) in [7, 11) is 0. The van der Waals surface area contributed by atoms with Crippen LogP contribution in [0.1, 0.15) is 5.56 Å². The van der Waals surface area contributed by atoms with Gasteiger partial charge in [0.05, 0.1) is 0 Å². The lowest BCUT2D eigenvalue weighted by molar-refractivity contribution is 0.608. The molecule has 5 nitrogen and oxygen atoms in total. The molecule has 6 heteroatoms. The van der Waals surface area contributed by atoms with Crippen molar-refractivity contribution in [2.45, 2.75) is 6.92 Å². The lowest BCUT2D eigenvalue weighted by atomic mass is 10.1. The molecule has 3 aromatic rings. The Bertz CT molecular complexity index is 766. The number of para-hydroxylation sites is 1. The van der Waals surface area contributed by atoms with Crippen molar-refractivity contribution in [2.75, 3.05) is 5.73 Å². The molecule has 0 bridgehead atoms. The molecule has 0 spiro atoms. The van der Waals surface area contributed by atoms with Gasteiger partial charge in [-0.05, 0) is 41.1 Å². The van der Waals surface area contributed by atoms with Crippen molar-refractivity contribution in [3.05, 3.63) is 53.8 Å². The summed E-state index contributed by atoms with van der Waals surface area (Å²) >= 11 is 0. The van der Waals surface area contributed by atoms with E-state index in [0.29, 0.717) is 17.2 Å². The third-order valence-corrected chi connectivity index (χ3v) is 3.09. The molecule has 0 amide bonds. The second-order valence-electron chi connectivity index (χ2n) is 4.44. The number of benzene rings is 2. The van der Waals surface area contributed by atoms with E-state index in [1.807, 2.05) is 19.1 Å². The first kappa shape index (κ1) is 12.3. The summed E-state index contributed by atoms with van der Waals surface area (Å²) in [6.07, 6.45) is 0. The van der Waals surface area contributed by atoms with Crippen LogP contribution >= 0.6 is 0 Å². The highest BCUT2D eigenvalue weighted by Crippen LogP contribution is 2.24. The zero-order chi connectivity index (χ0) is 14.1. The monoisotopic (exact) mass is 269 g/mol. The van der Waals surface area contributed by atoms with Crippen LogP contribution in [-0.2, 0) is 0 Å². The number of tetrazole rings is 1. The summed E-state index contributed by atoms with van der Waals surface area (Å²) in [5.74, 6) is 0.0583. The Labute approximate surface area is 114 Å². The van der Waals surface area contributed by atoms with Gasteiger partial charge in [-0.25, -0.2) is 4.39 Å². The standard InChI is InChI=1S/C14H12FN5/c1-9-6-7-10(8-12(9)16)14-17-18-19-20(14)13-5-3-2-4-11(13)15/h2-8H,16H2,1H3. The molecule has 0 atom stereocenters. The van der Waals surface area contributed by atoms with Gasteiger partial charge in [0.1, 0.15) is 11.5 Å². The Morgan fingerprint density at radius 2 is 1.95 bits per heavy atom. The van der Waals surface area contributed by atoms with E-state index in [9.17, 15) is 4.39 Å². The summed E-state index contributed by atoms with van der Waals surface area (Å²) in [5.41, 5.74) is 8.54. The highest BCUT2D eigenvalue weighted by molar-refractivity contribution is 5.64. The van der Waals surface area contributed by atoms with Gasteiger partial charge in [0.15, 0.2) is 5.82 Å². The van der Waals surface area contributed by atoms with Gasteiger partial charge in [-0.1, -0.05) is 24.3 Å². The van der Waals surface area contributed by atoms with Crippen LogP contribution < -0.4 is 5.73 Å². The minimum absolute atomic E-state index is 0.298. The Morgan fingerprint density at radius 1 is 1.15 bits per heavy atom. The number of hydrogen-bond donors (Lipinski definition) is 1. The summed E-state index contributed by atoms with van der Waals surface area (Å²) < 4.78 is 15.2. The number of nitrogens with two attached hydrogens (primary N) is 1. The molecule has 3 rings (SSSR count). The number of nitrogen functional groups attached to an aromatic ring is 1. The highest BCUT2D eigenvalue weighted by atomic mass is 19.1. The van der Waals surface area contributed by atoms with E-state index in [1.54, 1.807) is 24.3 Å². The van der Waals surface area contributed by atoms with Crippen molar-refractivity contribution >= 4 is 5.69 Å². The first-order valence-corrected chi connectivity index (χ1v) is 6.06. The summed E-state index contributed by atoms with van der Waals surface area (Å²) in [6.45, 7) is 1.92.